The monoisotopic (exact) mass is 380 g/mol. The molecule has 7 nitrogen and oxygen atoms in total. The summed E-state index contributed by atoms with van der Waals surface area (Å²) < 4.78 is 5.06. The Kier molecular flexibility index (Phi) is 5.76. The maximum Gasteiger partial charge on any atom is 0.340 e. The first kappa shape index (κ1) is 18.6. The molecule has 0 radical (unpaired) electrons. The highest BCUT2D eigenvalue weighted by Gasteiger charge is 2.33. The minimum atomic E-state index is -0.834. The molecule has 0 unspecified atom stereocenters. The van der Waals surface area contributed by atoms with Gasteiger partial charge in [0.25, 0.3) is 11.6 Å². The Morgan fingerprint density at radius 1 is 1.23 bits per heavy atom. The maximum atomic E-state index is 12.4. The van der Waals surface area contributed by atoms with Gasteiger partial charge >= 0.3 is 5.97 Å². The Morgan fingerprint density at radius 2 is 1.96 bits per heavy atom. The number of esters is 1. The number of carbonyl (C=O) groups excluding carboxylic acids is 2. The zero-order valence-electron chi connectivity index (χ0n) is 14.4. The van der Waals surface area contributed by atoms with Crippen molar-refractivity contribution in [3.63, 3.8) is 0 Å². The van der Waals surface area contributed by atoms with Gasteiger partial charge in [0.2, 0.25) is 0 Å². The summed E-state index contributed by atoms with van der Waals surface area (Å²) in [6, 6.07) is 3.53. The molecule has 1 aliphatic heterocycles. The van der Waals surface area contributed by atoms with Crippen LogP contribution in [-0.2, 0) is 9.53 Å². The molecule has 0 aromatic heterocycles. The lowest BCUT2D eigenvalue weighted by Crippen LogP contribution is -2.46. The number of fused-ring (bicyclic) bond motifs is 1. The lowest BCUT2D eigenvalue weighted by atomic mass is 9.75. The molecule has 1 heterocycles. The van der Waals surface area contributed by atoms with E-state index >= 15 is 0 Å². The molecule has 1 saturated carbocycles. The maximum absolute atomic E-state index is 12.4. The predicted octanol–water partition coefficient (Wildman–Crippen LogP) is 3.44. The van der Waals surface area contributed by atoms with Crippen molar-refractivity contribution >= 4 is 29.2 Å². The molecule has 1 amide bonds. The molecule has 0 spiro atoms. The highest BCUT2D eigenvalue weighted by atomic mass is 35.5. The van der Waals surface area contributed by atoms with Gasteiger partial charge in [0.15, 0.2) is 6.61 Å². The summed E-state index contributed by atoms with van der Waals surface area (Å²) in [5.74, 6) is 0.186. The molecule has 2 atom stereocenters. The van der Waals surface area contributed by atoms with E-state index in [1.54, 1.807) is 4.90 Å². The molecule has 1 saturated heterocycles. The van der Waals surface area contributed by atoms with Gasteiger partial charge in [-0.2, -0.15) is 0 Å². The highest BCUT2D eigenvalue weighted by Crippen LogP contribution is 2.36. The van der Waals surface area contributed by atoms with E-state index in [1.165, 1.54) is 31.4 Å². The van der Waals surface area contributed by atoms with Gasteiger partial charge in [0.05, 0.1) is 15.5 Å². The fraction of sp³-hybridized carbons (Fsp3) is 0.556. The number of ether oxygens (including phenoxy) is 1. The van der Waals surface area contributed by atoms with Crippen molar-refractivity contribution in [2.45, 2.75) is 32.1 Å². The molecule has 1 aromatic rings. The van der Waals surface area contributed by atoms with Gasteiger partial charge in [0.1, 0.15) is 0 Å². The smallest absolute Gasteiger partial charge is 0.340 e. The van der Waals surface area contributed by atoms with Gasteiger partial charge in [0, 0.05) is 25.2 Å². The predicted molar refractivity (Wildman–Crippen MR) is 95.0 cm³/mol. The molecule has 1 aromatic carbocycles. The van der Waals surface area contributed by atoms with Crippen molar-refractivity contribution in [1.82, 2.24) is 4.90 Å². The molecule has 2 aliphatic rings. The number of amides is 1. The van der Waals surface area contributed by atoms with E-state index in [2.05, 4.69) is 0 Å². The highest BCUT2D eigenvalue weighted by molar-refractivity contribution is 6.33. The van der Waals surface area contributed by atoms with E-state index in [0.717, 1.165) is 25.5 Å². The molecular formula is C18H21ClN2O5. The van der Waals surface area contributed by atoms with Crippen LogP contribution in [0.5, 0.6) is 0 Å². The van der Waals surface area contributed by atoms with Gasteiger partial charge in [-0.1, -0.05) is 30.9 Å². The van der Waals surface area contributed by atoms with Crippen molar-refractivity contribution < 1.29 is 19.2 Å². The van der Waals surface area contributed by atoms with E-state index in [4.69, 9.17) is 16.3 Å². The largest absolute Gasteiger partial charge is 0.452 e. The van der Waals surface area contributed by atoms with Crippen LogP contribution in [0.3, 0.4) is 0 Å². The topological polar surface area (TPSA) is 89.8 Å². The summed E-state index contributed by atoms with van der Waals surface area (Å²) in [5, 5.41) is 10.9. The lowest BCUT2D eigenvalue weighted by Gasteiger charge is -2.41. The van der Waals surface area contributed by atoms with Crippen LogP contribution in [0, 0.1) is 22.0 Å². The Hall–Kier alpha value is -2.15. The molecule has 3 rings (SSSR count). The fourth-order valence-electron chi connectivity index (χ4n) is 3.91. The Labute approximate surface area is 156 Å². The minimum Gasteiger partial charge on any atom is -0.452 e. The summed E-state index contributed by atoms with van der Waals surface area (Å²) >= 11 is 5.92. The number of likely N-dealkylation sites (tertiary alicyclic amines) is 1. The first-order valence-electron chi connectivity index (χ1n) is 8.84. The first-order chi connectivity index (χ1) is 12.5. The van der Waals surface area contributed by atoms with Crippen LogP contribution in [0.4, 0.5) is 5.69 Å². The van der Waals surface area contributed by atoms with Crippen LogP contribution in [0.1, 0.15) is 42.5 Å². The standard InChI is InChI=1S/C18H21ClN2O5/c19-16-6-5-14(21(24)25)9-15(16)18(23)26-11-17(22)20-8-7-12-3-1-2-4-13(12)10-20/h5-6,9,12-13H,1-4,7-8,10-11H2/t12-,13-/m1/s1. The van der Waals surface area contributed by atoms with Crippen molar-refractivity contribution in [2.24, 2.45) is 11.8 Å². The molecule has 0 bridgehead atoms. The second-order valence-electron chi connectivity index (χ2n) is 6.93. The third-order valence-corrected chi connectivity index (χ3v) is 5.68. The zero-order valence-corrected chi connectivity index (χ0v) is 15.1. The molecule has 140 valence electrons. The van der Waals surface area contributed by atoms with Gasteiger partial charge in [-0.15, -0.1) is 0 Å². The number of hydrogen-bond donors (Lipinski definition) is 0. The number of halogens is 1. The van der Waals surface area contributed by atoms with E-state index in [1.807, 2.05) is 0 Å². The van der Waals surface area contributed by atoms with Gasteiger partial charge in [-0.3, -0.25) is 14.9 Å². The van der Waals surface area contributed by atoms with Crippen molar-refractivity contribution in [2.75, 3.05) is 19.7 Å². The van der Waals surface area contributed by atoms with Crippen LogP contribution in [0.2, 0.25) is 5.02 Å². The lowest BCUT2D eigenvalue weighted by molar-refractivity contribution is -0.384. The molecule has 8 heteroatoms. The van der Waals surface area contributed by atoms with Crippen LogP contribution < -0.4 is 0 Å². The number of benzene rings is 1. The molecule has 1 aliphatic carbocycles. The van der Waals surface area contributed by atoms with Crippen LogP contribution in [0.25, 0.3) is 0 Å². The average Bonchev–Trinajstić information content (AvgIpc) is 2.65. The molecule has 0 N–H and O–H groups in total. The number of nitrogens with zero attached hydrogens (tertiary/aromatic N) is 2. The number of piperidine rings is 1. The van der Waals surface area contributed by atoms with Crippen LogP contribution in [-0.4, -0.2) is 41.4 Å². The third-order valence-electron chi connectivity index (χ3n) is 5.35. The number of nitro benzene ring substituents is 1. The first-order valence-corrected chi connectivity index (χ1v) is 9.22. The van der Waals surface area contributed by atoms with Crippen molar-refractivity contribution in [3.8, 4) is 0 Å². The Morgan fingerprint density at radius 3 is 2.69 bits per heavy atom. The minimum absolute atomic E-state index is 0.0519. The van der Waals surface area contributed by atoms with Gasteiger partial charge in [-0.05, 0) is 30.7 Å². The Balaban J connectivity index is 1.57. The third kappa shape index (κ3) is 4.15. The summed E-state index contributed by atoms with van der Waals surface area (Å²) in [7, 11) is 0. The van der Waals surface area contributed by atoms with Gasteiger partial charge in [-0.25, -0.2) is 4.79 Å². The number of carbonyl (C=O) groups is 2. The zero-order chi connectivity index (χ0) is 18.7. The number of non-ortho nitro benzene ring substituents is 1. The Bertz CT molecular complexity index is 724. The number of rotatable bonds is 4. The van der Waals surface area contributed by atoms with Crippen LogP contribution >= 0.6 is 11.6 Å². The second kappa shape index (κ2) is 8.03. The van der Waals surface area contributed by atoms with Crippen molar-refractivity contribution in [1.29, 1.82) is 0 Å². The summed E-state index contributed by atoms with van der Waals surface area (Å²) in [6.07, 6.45) is 5.88. The summed E-state index contributed by atoms with van der Waals surface area (Å²) in [5.41, 5.74) is -0.369. The van der Waals surface area contributed by atoms with E-state index in [0.29, 0.717) is 18.4 Å². The van der Waals surface area contributed by atoms with E-state index in [-0.39, 0.29) is 28.8 Å². The van der Waals surface area contributed by atoms with E-state index in [9.17, 15) is 19.7 Å². The quantitative estimate of drug-likeness (QED) is 0.453. The molecular weight excluding hydrogens is 360 g/mol. The normalized spacial score (nSPS) is 22.4. The molecule has 2 fully saturated rings. The van der Waals surface area contributed by atoms with E-state index < -0.39 is 10.9 Å². The SMILES string of the molecule is O=C(OCC(=O)N1CC[C@H]2CCCC[C@@H]2C1)c1cc([N+](=O)[O-])ccc1Cl. The molecule has 26 heavy (non-hydrogen) atoms. The van der Waals surface area contributed by atoms with Crippen molar-refractivity contribution in [3.05, 3.63) is 38.9 Å². The van der Waals surface area contributed by atoms with Crippen LogP contribution in [0.15, 0.2) is 18.2 Å². The fourth-order valence-corrected chi connectivity index (χ4v) is 4.10. The summed E-state index contributed by atoms with van der Waals surface area (Å²) in [6.45, 7) is 1.03. The number of hydrogen-bond acceptors (Lipinski definition) is 5. The summed E-state index contributed by atoms with van der Waals surface area (Å²) in [4.78, 5) is 36.5. The average molecular weight is 381 g/mol. The van der Waals surface area contributed by atoms with Gasteiger partial charge < -0.3 is 9.64 Å². The second-order valence-corrected chi connectivity index (χ2v) is 7.34. The number of nitro groups is 1.